The summed E-state index contributed by atoms with van der Waals surface area (Å²) in [4.78, 5) is 12.9. The maximum Gasteiger partial charge on any atom is 0.167 e. The van der Waals surface area contributed by atoms with Crippen LogP contribution in [0, 0.1) is 18.8 Å². The van der Waals surface area contributed by atoms with E-state index in [-0.39, 0.29) is 11.7 Å². The molecule has 1 aliphatic heterocycles. The van der Waals surface area contributed by atoms with Crippen LogP contribution >= 0.6 is 11.8 Å². The van der Waals surface area contributed by atoms with E-state index in [4.69, 9.17) is 0 Å². The van der Waals surface area contributed by atoms with Crippen LogP contribution in [0.5, 0.6) is 0 Å². The van der Waals surface area contributed by atoms with E-state index in [9.17, 15) is 9.90 Å². The first kappa shape index (κ1) is 16.6. The highest BCUT2D eigenvalue weighted by Crippen LogP contribution is 2.44. The number of carbonyl (C=O) groups excluding carboxylic acids is 1. The number of allylic oxidation sites excluding steroid dienone is 2. The predicted octanol–water partition coefficient (Wildman–Crippen LogP) is 4.73. The second-order valence-corrected chi connectivity index (χ2v) is 7.93. The van der Waals surface area contributed by atoms with Crippen LogP contribution in [0.1, 0.15) is 48.9 Å². The molecule has 1 saturated heterocycles. The highest BCUT2D eigenvalue weighted by atomic mass is 32.2. The molecule has 1 aromatic carbocycles. The van der Waals surface area contributed by atoms with Crippen molar-refractivity contribution in [2.24, 2.45) is 11.8 Å². The number of benzene rings is 1. The molecule has 124 valence electrons. The topological polar surface area (TPSA) is 37.3 Å². The monoisotopic (exact) mass is 330 g/mol. The molecule has 2 nitrogen and oxygen atoms in total. The minimum Gasteiger partial charge on any atom is -0.511 e. The summed E-state index contributed by atoms with van der Waals surface area (Å²) in [6.07, 6.45) is 3.36. The summed E-state index contributed by atoms with van der Waals surface area (Å²) in [5, 5.41) is 10.9. The Kier molecular flexibility index (Phi) is 4.86. The zero-order valence-corrected chi connectivity index (χ0v) is 15.1. The second kappa shape index (κ2) is 6.72. The fourth-order valence-corrected chi connectivity index (χ4v) is 5.35. The molecule has 23 heavy (non-hydrogen) atoms. The third-order valence-corrected chi connectivity index (χ3v) is 6.45. The summed E-state index contributed by atoms with van der Waals surface area (Å²) in [6, 6.07) is 4.34. The van der Waals surface area contributed by atoms with E-state index in [1.807, 2.05) is 11.8 Å². The molecule has 1 fully saturated rings. The first-order valence-corrected chi connectivity index (χ1v) is 9.89. The minimum atomic E-state index is 0.138. The summed E-state index contributed by atoms with van der Waals surface area (Å²) in [6.45, 7) is 6.36. The number of aliphatic hydroxyl groups is 1. The minimum absolute atomic E-state index is 0.138. The van der Waals surface area contributed by atoms with Gasteiger partial charge in [-0.05, 0) is 60.3 Å². The van der Waals surface area contributed by atoms with Gasteiger partial charge in [0, 0.05) is 12.3 Å². The quantitative estimate of drug-likeness (QED) is 0.870. The van der Waals surface area contributed by atoms with Crippen LogP contribution in [-0.2, 0) is 17.6 Å². The standard InChI is InChI=1S/C20H26O2S/c1-4-13-8-12(3)9-14(5-2)18(13)19-17(21)10-15-11-23-7-6-16(15)20(19)22/h8-9,15-16,22H,4-7,10-11H2,1-3H3. The zero-order valence-electron chi connectivity index (χ0n) is 14.3. The molecule has 1 N–H and O–H groups in total. The predicted molar refractivity (Wildman–Crippen MR) is 98.0 cm³/mol. The smallest absolute Gasteiger partial charge is 0.167 e. The lowest BCUT2D eigenvalue weighted by Crippen LogP contribution is -2.33. The Morgan fingerprint density at radius 2 is 1.87 bits per heavy atom. The van der Waals surface area contributed by atoms with Crippen LogP contribution in [0.3, 0.4) is 0 Å². The van der Waals surface area contributed by atoms with Crippen molar-refractivity contribution in [3.8, 4) is 0 Å². The van der Waals surface area contributed by atoms with E-state index in [1.165, 1.54) is 16.7 Å². The van der Waals surface area contributed by atoms with Crippen molar-refractivity contribution in [3.63, 3.8) is 0 Å². The lowest BCUT2D eigenvalue weighted by Gasteiger charge is -2.36. The van der Waals surface area contributed by atoms with Crippen LogP contribution in [0.25, 0.3) is 5.57 Å². The van der Waals surface area contributed by atoms with Gasteiger partial charge in [-0.15, -0.1) is 0 Å². The molecule has 2 atom stereocenters. The van der Waals surface area contributed by atoms with Gasteiger partial charge < -0.3 is 5.11 Å². The molecule has 0 bridgehead atoms. The van der Waals surface area contributed by atoms with Gasteiger partial charge in [0.05, 0.1) is 5.57 Å². The van der Waals surface area contributed by atoms with Gasteiger partial charge in [0.15, 0.2) is 5.78 Å². The Morgan fingerprint density at radius 1 is 1.22 bits per heavy atom. The molecule has 2 aliphatic rings. The second-order valence-electron chi connectivity index (χ2n) is 6.78. The van der Waals surface area contributed by atoms with Crippen molar-refractivity contribution in [2.45, 2.75) is 46.5 Å². The Hall–Kier alpha value is -1.22. The van der Waals surface area contributed by atoms with Crippen molar-refractivity contribution in [1.82, 2.24) is 0 Å². The molecule has 0 spiro atoms. The number of hydrogen-bond acceptors (Lipinski definition) is 3. The molecular weight excluding hydrogens is 304 g/mol. The highest BCUT2D eigenvalue weighted by Gasteiger charge is 2.39. The largest absolute Gasteiger partial charge is 0.511 e. The molecule has 1 aliphatic carbocycles. The summed E-state index contributed by atoms with van der Waals surface area (Å²) in [5.41, 5.74) is 5.28. The van der Waals surface area contributed by atoms with Crippen LogP contribution in [0.2, 0.25) is 0 Å². The number of Topliss-reactive ketones (excluding diaryl/α,β-unsaturated/α-hetero) is 1. The highest BCUT2D eigenvalue weighted by molar-refractivity contribution is 7.99. The number of hydrogen-bond donors (Lipinski definition) is 1. The number of aryl methyl sites for hydroxylation is 3. The van der Waals surface area contributed by atoms with E-state index >= 15 is 0 Å². The van der Waals surface area contributed by atoms with E-state index in [0.717, 1.165) is 36.3 Å². The Labute approximate surface area is 143 Å². The van der Waals surface area contributed by atoms with Crippen LogP contribution in [-0.4, -0.2) is 22.4 Å². The van der Waals surface area contributed by atoms with Crippen molar-refractivity contribution in [1.29, 1.82) is 0 Å². The molecule has 2 unspecified atom stereocenters. The van der Waals surface area contributed by atoms with Gasteiger partial charge in [0.25, 0.3) is 0 Å². The summed E-state index contributed by atoms with van der Waals surface area (Å²) >= 11 is 1.91. The lowest BCUT2D eigenvalue weighted by atomic mass is 9.74. The maximum atomic E-state index is 12.9. The first-order chi connectivity index (χ1) is 11.1. The maximum absolute atomic E-state index is 12.9. The fraction of sp³-hybridized carbons (Fsp3) is 0.550. The molecule has 3 heteroatoms. The summed E-state index contributed by atoms with van der Waals surface area (Å²) in [5.74, 6) is 3.11. The number of carbonyl (C=O) groups is 1. The third kappa shape index (κ3) is 2.96. The first-order valence-electron chi connectivity index (χ1n) is 8.73. The molecule has 1 aromatic rings. The van der Waals surface area contributed by atoms with Gasteiger partial charge in [-0.25, -0.2) is 0 Å². The van der Waals surface area contributed by atoms with Gasteiger partial charge >= 0.3 is 0 Å². The van der Waals surface area contributed by atoms with Gasteiger partial charge in [0.1, 0.15) is 5.76 Å². The van der Waals surface area contributed by atoms with Gasteiger partial charge in [-0.1, -0.05) is 31.5 Å². The molecule has 1 heterocycles. The SMILES string of the molecule is CCc1cc(C)cc(CC)c1C1=C(O)C2CCSCC2CC1=O. The Balaban J connectivity index is 2.18. The van der Waals surface area contributed by atoms with Gasteiger partial charge in [0.2, 0.25) is 0 Å². The lowest BCUT2D eigenvalue weighted by molar-refractivity contribution is -0.115. The number of ketones is 1. The van der Waals surface area contributed by atoms with Crippen LogP contribution in [0.15, 0.2) is 17.9 Å². The molecule has 0 amide bonds. The van der Waals surface area contributed by atoms with E-state index in [2.05, 4.69) is 32.9 Å². The average molecular weight is 330 g/mol. The van der Waals surface area contributed by atoms with Gasteiger partial charge in [-0.3, -0.25) is 4.79 Å². The summed E-state index contributed by atoms with van der Waals surface area (Å²) in [7, 11) is 0. The summed E-state index contributed by atoms with van der Waals surface area (Å²) < 4.78 is 0. The van der Waals surface area contributed by atoms with Crippen molar-refractivity contribution in [2.75, 3.05) is 11.5 Å². The van der Waals surface area contributed by atoms with E-state index < -0.39 is 0 Å². The molecule has 0 saturated carbocycles. The number of thioether (sulfide) groups is 1. The van der Waals surface area contributed by atoms with E-state index in [0.29, 0.717) is 23.7 Å². The number of rotatable bonds is 3. The van der Waals surface area contributed by atoms with Crippen LogP contribution in [0.4, 0.5) is 0 Å². The Morgan fingerprint density at radius 3 is 2.48 bits per heavy atom. The van der Waals surface area contributed by atoms with Crippen molar-refractivity contribution in [3.05, 3.63) is 40.1 Å². The molecular formula is C20H26O2S. The average Bonchev–Trinajstić information content (AvgIpc) is 2.55. The van der Waals surface area contributed by atoms with E-state index in [1.54, 1.807) is 0 Å². The number of aliphatic hydroxyl groups excluding tert-OH is 1. The molecule has 0 aromatic heterocycles. The number of fused-ring (bicyclic) bond motifs is 1. The molecule has 3 rings (SSSR count). The third-order valence-electron chi connectivity index (χ3n) is 5.27. The fourth-order valence-electron chi connectivity index (χ4n) is 4.11. The zero-order chi connectivity index (χ0) is 16.6. The normalized spacial score (nSPS) is 24.7. The van der Waals surface area contributed by atoms with Crippen LogP contribution < -0.4 is 0 Å². The molecule has 0 radical (unpaired) electrons. The van der Waals surface area contributed by atoms with Crippen molar-refractivity contribution >= 4 is 23.1 Å². The Bertz CT molecular complexity index is 635. The van der Waals surface area contributed by atoms with Crippen molar-refractivity contribution < 1.29 is 9.90 Å². The van der Waals surface area contributed by atoms with Gasteiger partial charge in [-0.2, -0.15) is 11.8 Å².